The molecule has 5 rings (SSSR count). The van der Waals surface area contributed by atoms with Crippen LogP contribution in [0.4, 0.5) is 10.1 Å². The molecule has 0 aromatic heterocycles. The Morgan fingerprint density at radius 2 is 1.73 bits per heavy atom. The summed E-state index contributed by atoms with van der Waals surface area (Å²) in [5, 5.41) is 2.34. The molecule has 3 aromatic rings. The molecule has 33 heavy (non-hydrogen) atoms. The second-order valence-corrected chi connectivity index (χ2v) is 9.73. The summed E-state index contributed by atoms with van der Waals surface area (Å²) in [6.07, 6.45) is 4.56. The van der Waals surface area contributed by atoms with Crippen molar-refractivity contribution in [3.8, 4) is 0 Å². The van der Waals surface area contributed by atoms with Gasteiger partial charge in [0, 0.05) is 44.6 Å². The molecule has 3 aromatic carbocycles. The molecule has 1 amide bonds. The minimum Gasteiger partial charge on any atom is -0.285 e. The number of fused-ring (bicyclic) bond motifs is 2. The van der Waals surface area contributed by atoms with E-state index in [0.29, 0.717) is 27.5 Å². The van der Waals surface area contributed by atoms with Crippen LogP contribution < -0.4 is 5.43 Å². The number of carbonyl (C=O) groups is 1. The number of carbonyl (C=O) groups excluding carboxylic acids is 1. The second-order valence-electron chi connectivity index (χ2n) is 8.21. The van der Waals surface area contributed by atoms with Crippen molar-refractivity contribution in [1.29, 1.82) is 0 Å². The first-order valence-corrected chi connectivity index (χ1v) is 12.3. The van der Waals surface area contributed by atoms with Gasteiger partial charge in [-0.2, -0.15) is 0 Å². The van der Waals surface area contributed by atoms with Gasteiger partial charge < -0.3 is 0 Å². The number of aliphatic imine (C=N–C) groups is 1. The van der Waals surface area contributed by atoms with Gasteiger partial charge in [-0.25, -0.2) is 14.4 Å². The van der Waals surface area contributed by atoms with Crippen LogP contribution in [0.15, 0.2) is 75.4 Å². The predicted octanol–water partition coefficient (Wildman–Crippen LogP) is 6.63. The van der Waals surface area contributed by atoms with Crippen molar-refractivity contribution >= 4 is 40.7 Å². The zero-order valence-electron chi connectivity index (χ0n) is 18.0. The van der Waals surface area contributed by atoms with E-state index in [0.717, 1.165) is 41.3 Å². The number of hydrazine groups is 1. The van der Waals surface area contributed by atoms with Crippen molar-refractivity contribution < 1.29 is 9.18 Å². The third-order valence-corrected chi connectivity index (χ3v) is 7.24. The summed E-state index contributed by atoms with van der Waals surface area (Å²) >= 11 is 7.55. The molecule has 1 saturated heterocycles. The van der Waals surface area contributed by atoms with E-state index in [1.54, 1.807) is 30.0 Å². The highest BCUT2D eigenvalue weighted by Crippen LogP contribution is 2.42. The fraction of sp³-hybridized carbons (Fsp3) is 0.231. The zero-order valence-corrected chi connectivity index (χ0v) is 19.6. The maximum Gasteiger partial charge on any atom is 0.265 e. The first-order valence-electron chi connectivity index (χ1n) is 11.1. The smallest absolute Gasteiger partial charge is 0.265 e. The molecule has 0 aliphatic carbocycles. The molecular weight excluding hydrogens is 457 g/mol. The fourth-order valence-corrected chi connectivity index (χ4v) is 5.32. The van der Waals surface area contributed by atoms with Gasteiger partial charge in [-0.15, -0.1) is 0 Å². The molecule has 0 saturated carbocycles. The van der Waals surface area contributed by atoms with Crippen LogP contribution in [0.3, 0.4) is 0 Å². The van der Waals surface area contributed by atoms with Gasteiger partial charge >= 0.3 is 0 Å². The number of nitrogens with zero attached hydrogens (tertiary/aromatic N) is 2. The topological polar surface area (TPSA) is 44.7 Å². The highest BCUT2D eigenvalue weighted by molar-refractivity contribution is 7.99. The number of nitrogens with one attached hydrogen (secondary N) is 1. The third kappa shape index (κ3) is 4.83. The van der Waals surface area contributed by atoms with Gasteiger partial charge in [0.1, 0.15) is 5.82 Å². The Morgan fingerprint density at radius 3 is 2.52 bits per heavy atom. The van der Waals surface area contributed by atoms with Gasteiger partial charge in [-0.1, -0.05) is 54.4 Å². The van der Waals surface area contributed by atoms with Gasteiger partial charge in [0.15, 0.2) is 0 Å². The van der Waals surface area contributed by atoms with Crippen LogP contribution in [-0.2, 0) is 0 Å². The lowest BCUT2D eigenvalue weighted by molar-refractivity contribution is 0.0794. The van der Waals surface area contributed by atoms with E-state index in [2.05, 4.69) is 5.43 Å². The molecule has 0 radical (unpaired) electrons. The standard InChI is InChI=1S/C26H23ClFN3OS/c27-18-10-11-19(21(28)16-18)25-20-7-3-4-8-23(20)33-24-12-9-17(15-22(24)29-25)26(32)30-31-13-5-1-2-6-14-31/h3-4,7-12,15-16H,1-2,5-6,13-14H2,(H,30,32). The van der Waals surface area contributed by atoms with Crippen LogP contribution in [0.5, 0.6) is 0 Å². The Bertz CT molecular complexity index is 1240. The highest BCUT2D eigenvalue weighted by Gasteiger charge is 2.22. The number of halogens is 2. The van der Waals surface area contributed by atoms with E-state index >= 15 is 0 Å². The fourth-order valence-electron chi connectivity index (χ4n) is 4.16. The van der Waals surface area contributed by atoms with Crippen LogP contribution >= 0.6 is 23.4 Å². The predicted molar refractivity (Wildman–Crippen MR) is 131 cm³/mol. The molecule has 168 valence electrons. The number of benzene rings is 3. The molecule has 2 heterocycles. The Hall–Kier alpha value is -2.67. The van der Waals surface area contributed by atoms with Gasteiger partial charge in [0.2, 0.25) is 0 Å². The average molecular weight is 480 g/mol. The lowest BCUT2D eigenvalue weighted by atomic mass is 10.0. The van der Waals surface area contributed by atoms with Crippen LogP contribution in [0, 0.1) is 5.82 Å². The van der Waals surface area contributed by atoms with E-state index in [4.69, 9.17) is 16.6 Å². The van der Waals surface area contributed by atoms with Crippen molar-refractivity contribution in [2.24, 2.45) is 4.99 Å². The van der Waals surface area contributed by atoms with E-state index in [-0.39, 0.29) is 5.91 Å². The van der Waals surface area contributed by atoms with Crippen molar-refractivity contribution in [2.75, 3.05) is 13.1 Å². The van der Waals surface area contributed by atoms with Gasteiger partial charge in [0.05, 0.1) is 11.4 Å². The Kier molecular flexibility index (Phi) is 6.49. The molecule has 0 unspecified atom stereocenters. The van der Waals surface area contributed by atoms with Gasteiger partial charge in [-0.3, -0.25) is 10.2 Å². The zero-order chi connectivity index (χ0) is 22.8. The minimum atomic E-state index is -0.431. The van der Waals surface area contributed by atoms with E-state index in [1.165, 1.54) is 18.9 Å². The van der Waals surface area contributed by atoms with Crippen LogP contribution in [0.2, 0.25) is 5.02 Å². The molecule has 2 aliphatic heterocycles. The number of amides is 1. The Labute approximate surface area is 201 Å². The van der Waals surface area contributed by atoms with Crippen molar-refractivity contribution in [2.45, 2.75) is 35.5 Å². The maximum atomic E-state index is 14.9. The molecule has 2 aliphatic rings. The molecule has 4 nitrogen and oxygen atoms in total. The number of hydrogen-bond donors (Lipinski definition) is 1. The minimum absolute atomic E-state index is 0.152. The Balaban J connectivity index is 1.54. The van der Waals surface area contributed by atoms with Crippen molar-refractivity contribution in [1.82, 2.24) is 10.4 Å². The molecule has 1 fully saturated rings. The third-order valence-electron chi connectivity index (χ3n) is 5.87. The van der Waals surface area contributed by atoms with Crippen molar-refractivity contribution in [3.63, 3.8) is 0 Å². The first-order chi connectivity index (χ1) is 16.1. The Morgan fingerprint density at radius 1 is 0.939 bits per heavy atom. The molecule has 0 atom stereocenters. The van der Waals surface area contributed by atoms with Crippen LogP contribution in [0.1, 0.15) is 47.2 Å². The number of rotatable bonds is 3. The number of hydrogen-bond acceptors (Lipinski definition) is 4. The summed E-state index contributed by atoms with van der Waals surface area (Å²) in [4.78, 5) is 19.7. The monoisotopic (exact) mass is 479 g/mol. The summed E-state index contributed by atoms with van der Waals surface area (Å²) in [7, 11) is 0. The normalized spacial score (nSPS) is 16.1. The summed E-state index contributed by atoms with van der Waals surface area (Å²) in [6.45, 7) is 1.72. The van der Waals surface area contributed by atoms with E-state index in [1.807, 2.05) is 41.4 Å². The molecule has 7 heteroatoms. The SMILES string of the molecule is O=C(NN1CCCCCC1)c1ccc2c(c1)N=C(c1ccc(Cl)cc1F)c1ccccc1S2. The van der Waals surface area contributed by atoms with Crippen molar-refractivity contribution in [3.05, 3.63) is 88.2 Å². The summed E-state index contributed by atoms with van der Waals surface area (Å²) < 4.78 is 14.9. The molecule has 0 bridgehead atoms. The van der Waals surface area contributed by atoms with E-state index < -0.39 is 5.82 Å². The summed E-state index contributed by atoms with van der Waals surface area (Å²) in [6, 6.07) is 17.9. The highest BCUT2D eigenvalue weighted by atomic mass is 35.5. The lowest BCUT2D eigenvalue weighted by Gasteiger charge is -2.21. The summed E-state index contributed by atoms with van der Waals surface area (Å²) in [5.74, 6) is -0.583. The molecule has 1 N–H and O–H groups in total. The first kappa shape index (κ1) is 22.1. The lowest BCUT2D eigenvalue weighted by Crippen LogP contribution is -2.42. The summed E-state index contributed by atoms with van der Waals surface area (Å²) in [5.41, 5.74) is 5.95. The molecular formula is C26H23ClFN3OS. The average Bonchev–Trinajstić information content (AvgIpc) is 3.16. The van der Waals surface area contributed by atoms with Crippen LogP contribution in [0.25, 0.3) is 0 Å². The largest absolute Gasteiger partial charge is 0.285 e. The molecule has 0 spiro atoms. The van der Waals surface area contributed by atoms with E-state index in [9.17, 15) is 9.18 Å². The quantitative estimate of drug-likeness (QED) is 0.358. The maximum absolute atomic E-state index is 14.9. The van der Waals surface area contributed by atoms with Crippen LogP contribution in [-0.4, -0.2) is 29.7 Å². The van der Waals surface area contributed by atoms with Gasteiger partial charge in [-0.05, 0) is 55.3 Å². The van der Waals surface area contributed by atoms with Gasteiger partial charge in [0.25, 0.3) is 5.91 Å². The second kappa shape index (κ2) is 9.67.